The molecule has 1 saturated heterocycles. The molecule has 0 aromatic heterocycles. The van der Waals surface area contributed by atoms with Gasteiger partial charge in [-0.25, -0.2) is 0 Å². The van der Waals surface area contributed by atoms with E-state index in [-0.39, 0.29) is 5.78 Å². The quantitative estimate of drug-likeness (QED) is 0.777. The fourth-order valence-electron chi connectivity index (χ4n) is 3.42. The van der Waals surface area contributed by atoms with Gasteiger partial charge in [-0.2, -0.15) is 0 Å². The zero-order valence-electron chi connectivity index (χ0n) is 13.6. The molecule has 1 aliphatic heterocycles. The molecule has 2 aromatic rings. The second-order valence-corrected chi connectivity index (χ2v) is 6.68. The largest absolute Gasteiger partial charge is 0.303 e. The van der Waals surface area contributed by atoms with E-state index in [1.54, 1.807) is 0 Å². The van der Waals surface area contributed by atoms with Gasteiger partial charge in [-0.3, -0.25) is 4.79 Å². The molecule has 1 aliphatic rings. The number of hydrogen-bond acceptors (Lipinski definition) is 2. The summed E-state index contributed by atoms with van der Waals surface area (Å²) >= 11 is 0. The van der Waals surface area contributed by atoms with Crippen molar-refractivity contribution in [1.29, 1.82) is 0 Å². The lowest BCUT2D eigenvalue weighted by Gasteiger charge is -2.29. The number of rotatable bonds is 4. The lowest BCUT2D eigenvalue weighted by molar-refractivity contribution is 0.0954. The van der Waals surface area contributed by atoms with Gasteiger partial charge in [0.15, 0.2) is 5.78 Å². The molecule has 22 heavy (non-hydrogen) atoms. The molecule has 0 bridgehead atoms. The maximum Gasteiger partial charge on any atom is 0.165 e. The van der Waals surface area contributed by atoms with Crippen LogP contribution in [-0.2, 0) is 0 Å². The van der Waals surface area contributed by atoms with E-state index in [0.29, 0.717) is 6.42 Å². The van der Waals surface area contributed by atoms with E-state index in [1.165, 1.54) is 12.8 Å². The van der Waals surface area contributed by atoms with Crippen LogP contribution in [0.15, 0.2) is 36.4 Å². The second-order valence-electron chi connectivity index (χ2n) is 6.68. The maximum absolute atomic E-state index is 12.8. The summed E-state index contributed by atoms with van der Waals surface area (Å²) in [4.78, 5) is 15.2. The zero-order chi connectivity index (χ0) is 15.5. The summed E-state index contributed by atoms with van der Waals surface area (Å²) in [5.74, 6) is 1.13. The number of piperidine rings is 1. The zero-order valence-corrected chi connectivity index (χ0v) is 13.6. The van der Waals surface area contributed by atoms with Crippen molar-refractivity contribution in [3.63, 3.8) is 0 Å². The number of carbonyl (C=O) groups is 1. The van der Waals surface area contributed by atoms with Crippen LogP contribution in [-0.4, -0.2) is 30.3 Å². The molecule has 1 heterocycles. The van der Waals surface area contributed by atoms with Crippen molar-refractivity contribution < 1.29 is 4.79 Å². The van der Waals surface area contributed by atoms with Crippen LogP contribution in [0.3, 0.4) is 0 Å². The standard InChI is InChI=1S/C20H25NO/c1-15-9-12-21(13-10-15)14-11-19(22)20-16(2)7-8-17-5-3-4-6-18(17)20/h3-8,15H,9-14H2,1-2H3. The van der Waals surface area contributed by atoms with Crippen LogP contribution in [0.1, 0.15) is 42.1 Å². The Morgan fingerprint density at radius 1 is 1.14 bits per heavy atom. The first kappa shape index (κ1) is 15.2. The molecule has 0 aliphatic carbocycles. The normalized spacial score (nSPS) is 17.0. The third-order valence-electron chi connectivity index (χ3n) is 4.95. The van der Waals surface area contributed by atoms with Crippen molar-refractivity contribution in [1.82, 2.24) is 4.90 Å². The monoisotopic (exact) mass is 295 g/mol. The van der Waals surface area contributed by atoms with Crippen molar-refractivity contribution in [2.45, 2.75) is 33.1 Å². The van der Waals surface area contributed by atoms with Crippen LogP contribution < -0.4 is 0 Å². The molecule has 0 unspecified atom stereocenters. The van der Waals surface area contributed by atoms with Gasteiger partial charge in [0.1, 0.15) is 0 Å². The topological polar surface area (TPSA) is 20.3 Å². The van der Waals surface area contributed by atoms with Crippen LogP contribution in [0.25, 0.3) is 10.8 Å². The van der Waals surface area contributed by atoms with E-state index in [0.717, 1.165) is 47.5 Å². The van der Waals surface area contributed by atoms with E-state index < -0.39 is 0 Å². The molecule has 2 nitrogen and oxygen atoms in total. The van der Waals surface area contributed by atoms with Crippen molar-refractivity contribution in [2.75, 3.05) is 19.6 Å². The van der Waals surface area contributed by atoms with Gasteiger partial charge in [0.25, 0.3) is 0 Å². The molecule has 0 atom stereocenters. The predicted octanol–water partition coefficient (Wildman–Crippen LogP) is 4.45. The van der Waals surface area contributed by atoms with Crippen molar-refractivity contribution >= 4 is 16.6 Å². The third-order valence-corrected chi connectivity index (χ3v) is 4.95. The number of likely N-dealkylation sites (tertiary alicyclic amines) is 1. The number of carbonyl (C=O) groups excluding carboxylic acids is 1. The highest BCUT2D eigenvalue weighted by atomic mass is 16.1. The van der Waals surface area contributed by atoms with E-state index in [2.05, 4.69) is 36.1 Å². The molecule has 0 saturated carbocycles. The van der Waals surface area contributed by atoms with Gasteiger partial charge in [-0.05, 0) is 55.1 Å². The molecule has 2 aromatic carbocycles. The highest BCUT2D eigenvalue weighted by Gasteiger charge is 2.18. The minimum atomic E-state index is 0.285. The number of Topliss-reactive ketones (excluding diaryl/α,β-unsaturated/α-hetero) is 1. The summed E-state index contributed by atoms with van der Waals surface area (Å²) in [5.41, 5.74) is 2.01. The van der Waals surface area contributed by atoms with Gasteiger partial charge in [0, 0.05) is 18.5 Å². The number of ketones is 1. The molecule has 0 amide bonds. The lowest BCUT2D eigenvalue weighted by atomic mass is 9.94. The molecule has 0 N–H and O–H groups in total. The Hall–Kier alpha value is -1.67. The molecule has 1 fully saturated rings. The Balaban J connectivity index is 1.74. The number of hydrogen-bond donors (Lipinski definition) is 0. The fraction of sp³-hybridized carbons (Fsp3) is 0.450. The number of nitrogens with zero attached hydrogens (tertiary/aromatic N) is 1. The SMILES string of the molecule is Cc1ccc2ccccc2c1C(=O)CCN1CCC(C)CC1. The molecule has 2 heteroatoms. The summed E-state index contributed by atoms with van der Waals surface area (Å²) < 4.78 is 0. The lowest BCUT2D eigenvalue weighted by Crippen LogP contribution is -2.34. The first-order chi connectivity index (χ1) is 10.6. The van der Waals surface area contributed by atoms with Gasteiger partial charge in [0.2, 0.25) is 0 Å². The Morgan fingerprint density at radius 3 is 2.64 bits per heavy atom. The Labute approximate surface area is 133 Å². The third kappa shape index (κ3) is 3.22. The Morgan fingerprint density at radius 2 is 1.86 bits per heavy atom. The van der Waals surface area contributed by atoms with Gasteiger partial charge in [-0.1, -0.05) is 43.3 Å². The Kier molecular flexibility index (Phi) is 4.58. The van der Waals surface area contributed by atoms with E-state index in [9.17, 15) is 4.79 Å². The Bertz CT molecular complexity index is 668. The predicted molar refractivity (Wildman–Crippen MR) is 92.5 cm³/mol. The highest BCUT2D eigenvalue weighted by molar-refractivity contribution is 6.09. The van der Waals surface area contributed by atoms with Gasteiger partial charge >= 0.3 is 0 Å². The van der Waals surface area contributed by atoms with E-state index >= 15 is 0 Å². The first-order valence-corrected chi connectivity index (χ1v) is 8.39. The van der Waals surface area contributed by atoms with Crippen LogP contribution in [0.4, 0.5) is 0 Å². The molecule has 0 radical (unpaired) electrons. The van der Waals surface area contributed by atoms with Crippen molar-refractivity contribution in [3.8, 4) is 0 Å². The van der Waals surface area contributed by atoms with Crippen molar-refractivity contribution in [2.24, 2.45) is 5.92 Å². The van der Waals surface area contributed by atoms with Gasteiger partial charge in [-0.15, -0.1) is 0 Å². The average Bonchev–Trinajstić information content (AvgIpc) is 2.54. The number of fused-ring (bicyclic) bond motifs is 1. The summed E-state index contributed by atoms with van der Waals surface area (Å²) in [5, 5.41) is 2.25. The van der Waals surface area contributed by atoms with Gasteiger partial charge < -0.3 is 4.90 Å². The maximum atomic E-state index is 12.8. The minimum Gasteiger partial charge on any atom is -0.303 e. The summed E-state index contributed by atoms with van der Waals surface area (Å²) in [6.07, 6.45) is 3.16. The molecule has 3 rings (SSSR count). The summed E-state index contributed by atoms with van der Waals surface area (Å²) in [7, 11) is 0. The van der Waals surface area contributed by atoms with E-state index in [1.807, 2.05) is 19.1 Å². The smallest absolute Gasteiger partial charge is 0.165 e. The molecule has 116 valence electrons. The minimum absolute atomic E-state index is 0.285. The number of aryl methyl sites for hydroxylation is 1. The number of benzene rings is 2. The van der Waals surface area contributed by atoms with Crippen LogP contribution in [0, 0.1) is 12.8 Å². The summed E-state index contributed by atoms with van der Waals surface area (Å²) in [6, 6.07) is 12.4. The van der Waals surface area contributed by atoms with Crippen LogP contribution in [0.5, 0.6) is 0 Å². The average molecular weight is 295 g/mol. The second kappa shape index (κ2) is 6.62. The van der Waals surface area contributed by atoms with Crippen LogP contribution in [0.2, 0.25) is 0 Å². The van der Waals surface area contributed by atoms with Gasteiger partial charge in [0.05, 0.1) is 0 Å². The van der Waals surface area contributed by atoms with Crippen molar-refractivity contribution in [3.05, 3.63) is 47.5 Å². The summed E-state index contributed by atoms with van der Waals surface area (Å²) in [6.45, 7) is 7.55. The molecule has 0 spiro atoms. The molecular formula is C20H25NO. The fourth-order valence-corrected chi connectivity index (χ4v) is 3.42. The highest BCUT2D eigenvalue weighted by Crippen LogP contribution is 2.24. The van der Waals surface area contributed by atoms with E-state index in [4.69, 9.17) is 0 Å². The molecular weight excluding hydrogens is 270 g/mol. The van der Waals surface area contributed by atoms with Crippen LogP contribution >= 0.6 is 0 Å². The first-order valence-electron chi connectivity index (χ1n) is 8.39.